The zero-order chi connectivity index (χ0) is 20.6. The quantitative estimate of drug-likeness (QED) is 0.664. The molecule has 1 atom stereocenters. The second-order valence-corrected chi connectivity index (χ2v) is 9.12. The molecule has 0 saturated carbocycles. The summed E-state index contributed by atoms with van der Waals surface area (Å²) in [6.07, 6.45) is 3.19. The van der Waals surface area contributed by atoms with Crippen LogP contribution in [-0.2, 0) is 4.74 Å². The summed E-state index contributed by atoms with van der Waals surface area (Å²) in [7, 11) is 2.22. The van der Waals surface area contributed by atoms with Crippen LogP contribution in [0.25, 0.3) is 0 Å². The summed E-state index contributed by atoms with van der Waals surface area (Å²) in [6, 6.07) is 13.2. The number of aliphatic imine (C=N–C) groups is 1. The van der Waals surface area contributed by atoms with E-state index in [1.54, 1.807) is 0 Å². The zero-order valence-electron chi connectivity index (χ0n) is 18.4. The van der Waals surface area contributed by atoms with Gasteiger partial charge in [-0.15, -0.1) is 0 Å². The molecule has 2 aliphatic heterocycles. The molecular formula is C25H33N3O. The van der Waals surface area contributed by atoms with Crippen molar-refractivity contribution >= 4 is 23.3 Å². The number of morpholine rings is 1. The lowest BCUT2D eigenvalue weighted by Crippen LogP contribution is -2.45. The Hall–Kier alpha value is -2.33. The number of fused-ring (bicyclic) bond motifs is 1. The second kappa shape index (κ2) is 7.83. The average Bonchev–Trinajstić information content (AvgIpc) is 2.72. The molecule has 154 valence electrons. The van der Waals surface area contributed by atoms with Crippen molar-refractivity contribution in [1.82, 2.24) is 0 Å². The van der Waals surface area contributed by atoms with Gasteiger partial charge in [-0.1, -0.05) is 6.92 Å². The van der Waals surface area contributed by atoms with Gasteiger partial charge in [0.15, 0.2) is 0 Å². The van der Waals surface area contributed by atoms with Crippen LogP contribution < -0.4 is 9.80 Å². The molecule has 2 aliphatic rings. The lowest BCUT2D eigenvalue weighted by molar-refractivity contribution is 0.122. The van der Waals surface area contributed by atoms with E-state index in [-0.39, 0.29) is 5.54 Å². The van der Waals surface area contributed by atoms with Crippen molar-refractivity contribution in [3.63, 3.8) is 0 Å². The highest BCUT2D eigenvalue weighted by atomic mass is 16.5. The Morgan fingerprint density at radius 1 is 1.10 bits per heavy atom. The van der Waals surface area contributed by atoms with Gasteiger partial charge < -0.3 is 14.5 Å². The van der Waals surface area contributed by atoms with E-state index in [4.69, 9.17) is 9.73 Å². The third-order valence-electron chi connectivity index (χ3n) is 6.60. The fraction of sp³-hybridized carbons (Fsp3) is 0.480. The third kappa shape index (κ3) is 4.04. The van der Waals surface area contributed by atoms with E-state index in [0.717, 1.165) is 32.0 Å². The van der Waals surface area contributed by atoms with E-state index >= 15 is 0 Å². The lowest BCUT2D eigenvalue weighted by atomic mass is 9.79. The first-order valence-electron chi connectivity index (χ1n) is 10.7. The molecule has 0 N–H and O–H groups in total. The number of nitrogens with zero attached hydrogens (tertiary/aromatic N) is 3. The average molecular weight is 392 g/mol. The molecule has 2 heterocycles. The first-order valence-corrected chi connectivity index (χ1v) is 10.7. The summed E-state index contributed by atoms with van der Waals surface area (Å²) < 4.78 is 5.44. The summed E-state index contributed by atoms with van der Waals surface area (Å²) >= 11 is 0. The van der Waals surface area contributed by atoms with E-state index in [1.165, 1.54) is 34.5 Å². The van der Waals surface area contributed by atoms with Gasteiger partial charge in [0.05, 0.1) is 18.9 Å². The number of benzene rings is 2. The number of hydrogen-bond donors (Lipinski definition) is 0. The van der Waals surface area contributed by atoms with Gasteiger partial charge in [0.25, 0.3) is 0 Å². The van der Waals surface area contributed by atoms with Gasteiger partial charge in [-0.05, 0) is 86.2 Å². The van der Waals surface area contributed by atoms with E-state index < -0.39 is 0 Å². The van der Waals surface area contributed by atoms with Crippen molar-refractivity contribution in [2.75, 3.05) is 43.2 Å². The molecular weight excluding hydrogens is 358 g/mol. The molecule has 2 aromatic rings. The number of hydrogen-bond acceptors (Lipinski definition) is 4. The van der Waals surface area contributed by atoms with Gasteiger partial charge >= 0.3 is 0 Å². The van der Waals surface area contributed by atoms with Gasteiger partial charge in [0.2, 0.25) is 0 Å². The van der Waals surface area contributed by atoms with Crippen molar-refractivity contribution in [2.24, 2.45) is 4.99 Å². The first-order chi connectivity index (χ1) is 13.8. The van der Waals surface area contributed by atoms with Crippen molar-refractivity contribution in [1.29, 1.82) is 0 Å². The number of ether oxygens (including phenoxy) is 1. The molecule has 0 aromatic heterocycles. The number of aryl methyl sites for hydroxylation is 1. The fourth-order valence-electron chi connectivity index (χ4n) is 4.59. The minimum Gasteiger partial charge on any atom is -0.378 e. The summed E-state index contributed by atoms with van der Waals surface area (Å²) in [6.45, 7) is 12.7. The predicted octanol–water partition coefficient (Wildman–Crippen LogP) is 5.30. The van der Waals surface area contributed by atoms with Crippen LogP contribution in [0, 0.1) is 6.92 Å². The minimum absolute atomic E-state index is 0.191. The van der Waals surface area contributed by atoms with Gasteiger partial charge in [0.1, 0.15) is 0 Å². The Labute approximate surface area is 175 Å². The maximum absolute atomic E-state index is 5.44. The van der Waals surface area contributed by atoms with Crippen LogP contribution in [0.5, 0.6) is 0 Å². The van der Waals surface area contributed by atoms with Crippen LogP contribution in [0.15, 0.2) is 41.4 Å². The van der Waals surface area contributed by atoms with Gasteiger partial charge in [-0.3, -0.25) is 4.99 Å². The van der Waals surface area contributed by atoms with E-state index in [2.05, 4.69) is 80.9 Å². The SMILES string of the molecule is Cc1cc2c(cc1C=Nc1ccc(N3CCOCC3)cc1)[C@@H](C)CC(C)(C)N2C. The van der Waals surface area contributed by atoms with Crippen LogP contribution in [0.3, 0.4) is 0 Å². The lowest BCUT2D eigenvalue weighted by Gasteiger charge is -2.45. The predicted molar refractivity (Wildman–Crippen MR) is 123 cm³/mol. The van der Waals surface area contributed by atoms with E-state index in [0.29, 0.717) is 5.92 Å². The van der Waals surface area contributed by atoms with E-state index in [9.17, 15) is 0 Å². The molecule has 4 heteroatoms. The van der Waals surface area contributed by atoms with Crippen LogP contribution in [-0.4, -0.2) is 45.1 Å². The maximum atomic E-state index is 5.44. The third-order valence-corrected chi connectivity index (χ3v) is 6.60. The Balaban J connectivity index is 1.55. The molecule has 4 rings (SSSR count). The second-order valence-electron chi connectivity index (χ2n) is 9.12. The molecule has 1 saturated heterocycles. The zero-order valence-corrected chi connectivity index (χ0v) is 18.4. The molecule has 0 amide bonds. The van der Waals surface area contributed by atoms with Gasteiger partial charge in [-0.2, -0.15) is 0 Å². The largest absolute Gasteiger partial charge is 0.378 e. The summed E-state index contributed by atoms with van der Waals surface area (Å²) in [5.74, 6) is 0.553. The van der Waals surface area contributed by atoms with Gasteiger partial charge in [-0.25, -0.2) is 0 Å². The molecule has 1 fully saturated rings. The van der Waals surface area contributed by atoms with Gasteiger partial charge in [0, 0.05) is 43.3 Å². The molecule has 0 radical (unpaired) electrons. The summed E-state index contributed by atoms with van der Waals surface area (Å²) in [5.41, 5.74) is 7.70. The van der Waals surface area contributed by atoms with E-state index in [1.807, 2.05) is 6.21 Å². The summed E-state index contributed by atoms with van der Waals surface area (Å²) in [5, 5.41) is 0. The highest BCUT2D eigenvalue weighted by molar-refractivity contribution is 5.86. The Morgan fingerprint density at radius 3 is 2.48 bits per heavy atom. The smallest absolute Gasteiger partial charge is 0.0642 e. The molecule has 2 aromatic carbocycles. The normalized spacial score (nSPS) is 21.5. The highest BCUT2D eigenvalue weighted by Crippen LogP contribution is 2.43. The highest BCUT2D eigenvalue weighted by Gasteiger charge is 2.34. The Morgan fingerprint density at radius 2 is 1.79 bits per heavy atom. The van der Waals surface area contributed by atoms with Crippen molar-refractivity contribution < 1.29 is 4.74 Å². The van der Waals surface area contributed by atoms with Crippen molar-refractivity contribution in [3.8, 4) is 0 Å². The van der Waals surface area contributed by atoms with Crippen LogP contribution in [0.4, 0.5) is 17.1 Å². The monoisotopic (exact) mass is 391 g/mol. The molecule has 0 bridgehead atoms. The molecule has 0 unspecified atom stereocenters. The van der Waals surface area contributed by atoms with Crippen LogP contribution in [0.1, 0.15) is 49.8 Å². The molecule has 0 spiro atoms. The Bertz CT molecular complexity index is 895. The molecule has 29 heavy (non-hydrogen) atoms. The van der Waals surface area contributed by atoms with Crippen molar-refractivity contribution in [2.45, 2.75) is 45.6 Å². The fourth-order valence-corrected chi connectivity index (χ4v) is 4.59. The Kier molecular flexibility index (Phi) is 5.39. The number of anilines is 2. The summed E-state index contributed by atoms with van der Waals surface area (Å²) in [4.78, 5) is 9.56. The maximum Gasteiger partial charge on any atom is 0.0642 e. The first kappa shape index (κ1) is 20.0. The molecule has 0 aliphatic carbocycles. The minimum atomic E-state index is 0.191. The topological polar surface area (TPSA) is 28.1 Å². The van der Waals surface area contributed by atoms with Crippen LogP contribution in [0.2, 0.25) is 0 Å². The molecule has 4 nitrogen and oxygen atoms in total. The number of rotatable bonds is 3. The standard InChI is InChI=1S/C25H33N3O/c1-18-14-24-23(19(2)16-25(3,4)27(24)5)15-20(18)17-26-21-6-8-22(9-7-21)28-10-12-29-13-11-28/h6-9,14-15,17,19H,10-13,16H2,1-5H3/t19-/m0/s1. The van der Waals surface area contributed by atoms with Crippen molar-refractivity contribution in [3.05, 3.63) is 53.1 Å². The van der Waals surface area contributed by atoms with Crippen LogP contribution >= 0.6 is 0 Å².